The van der Waals surface area contributed by atoms with Crippen LogP contribution in [0.25, 0.3) is 0 Å². The molecule has 1 N–H and O–H groups in total. The molecule has 1 atom stereocenters. The van der Waals surface area contributed by atoms with Gasteiger partial charge in [0.15, 0.2) is 0 Å². The second kappa shape index (κ2) is 1.25. The van der Waals surface area contributed by atoms with Gasteiger partial charge in [-0.25, -0.2) is 0 Å². The summed E-state index contributed by atoms with van der Waals surface area (Å²) in [6.07, 6.45) is 2.34. The zero-order valence-corrected chi connectivity index (χ0v) is 4.94. The molecule has 0 spiro atoms. The van der Waals surface area contributed by atoms with Crippen molar-refractivity contribution in [3.8, 4) is 0 Å². The Morgan fingerprint density at radius 2 is 2.14 bits per heavy atom. The maximum atomic E-state index is 8.95. The highest BCUT2D eigenvalue weighted by Crippen LogP contribution is 2.52. The summed E-state index contributed by atoms with van der Waals surface area (Å²) in [5.74, 6) is 0. The summed E-state index contributed by atoms with van der Waals surface area (Å²) in [5, 5.41) is 9.26. The minimum atomic E-state index is -0.0903. The molecule has 0 aliphatic heterocycles. The van der Waals surface area contributed by atoms with E-state index in [0.717, 1.165) is 0 Å². The van der Waals surface area contributed by atoms with Gasteiger partial charge in [0.25, 0.3) is 0 Å². The van der Waals surface area contributed by atoms with Crippen molar-refractivity contribution < 1.29 is 5.11 Å². The van der Waals surface area contributed by atoms with Crippen LogP contribution in [-0.2, 0) is 0 Å². The number of aliphatic hydroxyl groups excluding tert-OH is 1. The largest absolute Gasteiger partial charge is 0.394 e. The van der Waals surface area contributed by atoms with E-state index in [1.165, 1.54) is 12.8 Å². The molecule has 1 saturated carbocycles. The van der Waals surface area contributed by atoms with Crippen LogP contribution in [0.3, 0.4) is 0 Å². The predicted molar refractivity (Wildman–Crippen MR) is 32.2 cm³/mol. The molecule has 1 rings (SSSR count). The lowest BCUT2D eigenvalue weighted by Crippen LogP contribution is -2.10. The topological polar surface area (TPSA) is 20.2 Å². The molecule has 0 bridgehead atoms. The van der Waals surface area contributed by atoms with Gasteiger partial charge in [-0.1, -0.05) is 12.8 Å². The zero-order chi connectivity index (χ0) is 5.49. The smallest absolute Gasteiger partial charge is 0.112 e. The van der Waals surface area contributed by atoms with Crippen LogP contribution >= 0.6 is 0 Å². The lowest BCUT2D eigenvalue weighted by molar-refractivity contribution is 0.178. The van der Waals surface area contributed by atoms with E-state index in [2.05, 4.69) is 7.85 Å². The van der Waals surface area contributed by atoms with E-state index < -0.39 is 0 Å². The van der Waals surface area contributed by atoms with Crippen LogP contribution in [0.4, 0.5) is 0 Å². The number of aliphatic hydroxyl groups is 1. The maximum absolute atomic E-state index is 8.95. The van der Waals surface area contributed by atoms with E-state index in [1.807, 2.05) is 6.92 Å². The highest BCUT2D eigenvalue weighted by molar-refractivity contribution is 6.17. The normalized spacial score (nSPS) is 29.4. The molecule has 0 aromatic rings. The Labute approximate surface area is 45.1 Å². The highest BCUT2D eigenvalue weighted by atomic mass is 16.3. The third-order valence-electron chi connectivity index (χ3n) is 2.05. The molecule has 0 unspecified atom stereocenters. The van der Waals surface area contributed by atoms with Crippen molar-refractivity contribution >= 4 is 7.85 Å². The molecular weight excluding hydrogens is 86.9 g/mol. The average molecular weight is 98.0 g/mol. The molecule has 40 valence electrons. The van der Waals surface area contributed by atoms with Crippen LogP contribution in [0.2, 0.25) is 5.31 Å². The Bertz CT molecular complexity index is 76.1. The fourth-order valence-electron chi connectivity index (χ4n) is 0.615. The Morgan fingerprint density at radius 1 is 1.71 bits per heavy atom. The van der Waals surface area contributed by atoms with Gasteiger partial charge >= 0.3 is 0 Å². The van der Waals surface area contributed by atoms with Crippen LogP contribution < -0.4 is 0 Å². The Balaban J connectivity index is 2.39. The first-order chi connectivity index (χ1) is 3.15. The lowest BCUT2D eigenvalue weighted by Gasteiger charge is -2.09. The molecule has 1 nitrogen and oxygen atoms in total. The van der Waals surface area contributed by atoms with Crippen LogP contribution in [-0.4, -0.2) is 19.1 Å². The molecule has 7 heavy (non-hydrogen) atoms. The van der Waals surface area contributed by atoms with Crippen molar-refractivity contribution in [3.05, 3.63) is 0 Å². The van der Waals surface area contributed by atoms with Crippen molar-refractivity contribution in [1.82, 2.24) is 0 Å². The van der Waals surface area contributed by atoms with Crippen LogP contribution in [0.15, 0.2) is 0 Å². The van der Waals surface area contributed by atoms with E-state index in [-0.39, 0.29) is 6.10 Å². The number of hydrogen-bond donors (Lipinski definition) is 1. The molecule has 0 aromatic carbocycles. The van der Waals surface area contributed by atoms with E-state index in [1.54, 1.807) is 0 Å². The molecule has 0 amide bonds. The molecule has 1 fully saturated rings. The summed E-state index contributed by atoms with van der Waals surface area (Å²) in [6, 6.07) is 0. The van der Waals surface area contributed by atoms with Crippen LogP contribution in [0.1, 0.15) is 19.8 Å². The third-order valence-corrected chi connectivity index (χ3v) is 2.05. The second-order valence-corrected chi connectivity index (χ2v) is 2.83. The van der Waals surface area contributed by atoms with Gasteiger partial charge in [-0.05, 0) is 12.2 Å². The average Bonchev–Trinajstić information content (AvgIpc) is 2.21. The monoisotopic (exact) mass is 98.1 g/mol. The first-order valence-corrected chi connectivity index (χ1v) is 2.83. The third kappa shape index (κ3) is 0.803. The lowest BCUT2D eigenvalue weighted by atomic mass is 9.79. The summed E-state index contributed by atoms with van der Waals surface area (Å²) in [5.41, 5.74) is 0. The molecule has 1 aliphatic rings. The van der Waals surface area contributed by atoms with Gasteiger partial charge in [0.1, 0.15) is 7.85 Å². The zero-order valence-electron chi connectivity index (χ0n) is 4.94. The fourth-order valence-corrected chi connectivity index (χ4v) is 0.615. The van der Waals surface area contributed by atoms with Gasteiger partial charge < -0.3 is 5.11 Å². The highest BCUT2D eigenvalue weighted by Gasteiger charge is 2.41. The second-order valence-electron chi connectivity index (χ2n) is 2.83. The molecule has 2 heteroatoms. The Kier molecular flexibility index (Phi) is 0.924. The molecule has 0 aromatic heterocycles. The van der Waals surface area contributed by atoms with Gasteiger partial charge in [-0.15, -0.1) is 0 Å². The SMILES string of the molecule is BC1([C@H](C)O)CC1. The van der Waals surface area contributed by atoms with E-state index in [0.29, 0.717) is 5.31 Å². The van der Waals surface area contributed by atoms with Crippen molar-refractivity contribution in [2.45, 2.75) is 31.2 Å². The van der Waals surface area contributed by atoms with E-state index in [9.17, 15) is 0 Å². The fraction of sp³-hybridized carbons (Fsp3) is 1.00. The van der Waals surface area contributed by atoms with Gasteiger partial charge in [-0.3, -0.25) is 0 Å². The molecule has 0 radical (unpaired) electrons. The maximum Gasteiger partial charge on any atom is 0.112 e. The minimum absolute atomic E-state index is 0.0903. The van der Waals surface area contributed by atoms with Gasteiger partial charge in [0.2, 0.25) is 0 Å². The summed E-state index contributed by atoms with van der Waals surface area (Å²) in [4.78, 5) is 0. The Hall–Kier alpha value is 0.0249. The summed E-state index contributed by atoms with van der Waals surface area (Å²) in [6.45, 7) is 1.87. The predicted octanol–water partition coefficient (Wildman–Crippen LogP) is -0.0472. The van der Waals surface area contributed by atoms with Crippen LogP contribution in [0.5, 0.6) is 0 Å². The van der Waals surface area contributed by atoms with Crippen LogP contribution in [0, 0.1) is 0 Å². The van der Waals surface area contributed by atoms with Crippen molar-refractivity contribution in [3.63, 3.8) is 0 Å². The first-order valence-electron chi connectivity index (χ1n) is 2.83. The van der Waals surface area contributed by atoms with E-state index in [4.69, 9.17) is 5.11 Å². The van der Waals surface area contributed by atoms with Crippen molar-refractivity contribution in [1.29, 1.82) is 0 Å². The van der Waals surface area contributed by atoms with Gasteiger partial charge in [0, 0.05) is 6.10 Å². The first kappa shape index (κ1) is 5.17. The van der Waals surface area contributed by atoms with Gasteiger partial charge in [-0.2, -0.15) is 0 Å². The minimum Gasteiger partial charge on any atom is -0.394 e. The molecule has 1 aliphatic carbocycles. The summed E-state index contributed by atoms with van der Waals surface area (Å²) >= 11 is 0. The van der Waals surface area contributed by atoms with Crippen molar-refractivity contribution in [2.24, 2.45) is 0 Å². The van der Waals surface area contributed by atoms with E-state index >= 15 is 0 Å². The molecule has 0 heterocycles. The number of rotatable bonds is 1. The molecular formula is C5H11BO. The Morgan fingerprint density at radius 3 is 2.14 bits per heavy atom. The quantitative estimate of drug-likeness (QED) is 0.456. The standard InChI is InChI=1S/C5H11BO/c1-4(7)5(6)2-3-5/h4,7H,2-3,6H2,1H3/t4-/m0/s1. The number of hydrogen-bond acceptors (Lipinski definition) is 1. The van der Waals surface area contributed by atoms with Crippen molar-refractivity contribution in [2.75, 3.05) is 0 Å². The summed E-state index contributed by atoms with van der Waals surface area (Å²) < 4.78 is 0. The van der Waals surface area contributed by atoms with Gasteiger partial charge in [0.05, 0.1) is 0 Å². The molecule has 0 saturated heterocycles. The summed E-state index contributed by atoms with van der Waals surface area (Å²) in [7, 11) is 2.12.